The quantitative estimate of drug-likeness (QED) is 0.879. The van der Waals surface area contributed by atoms with E-state index in [0.717, 1.165) is 5.56 Å². The van der Waals surface area contributed by atoms with Gasteiger partial charge in [0.15, 0.2) is 0 Å². The maximum atomic E-state index is 10.5. The Balaban J connectivity index is 2.40. The Labute approximate surface area is 149 Å². The number of nitrogens with one attached hydrogen (secondary N) is 1. The molecule has 1 fully saturated rings. The van der Waals surface area contributed by atoms with Gasteiger partial charge in [-0.1, -0.05) is 37.3 Å². The molecule has 0 aliphatic heterocycles. The zero-order valence-corrected chi connectivity index (χ0v) is 14.9. The number of hydrogen-bond acceptors (Lipinski definition) is 5. The molecular formula is C20H24N4O. The van der Waals surface area contributed by atoms with Crippen molar-refractivity contribution in [1.82, 2.24) is 5.32 Å². The highest BCUT2D eigenvalue weighted by molar-refractivity contribution is 5.28. The minimum atomic E-state index is -1.04. The van der Waals surface area contributed by atoms with E-state index in [1.54, 1.807) is 13.8 Å². The Morgan fingerprint density at radius 3 is 2.36 bits per heavy atom. The molecule has 0 spiro atoms. The van der Waals surface area contributed by atoms with Crippen LogP contribution in [0, 0.1) is 51.7 Å². The van der Waals surface area contributed by atoms with Crippen LogP contribution in [0.1, 0.15) is 45.2 Å². The normalized spacial score (nSPS) is 30.5. The molecule has 130 valence electrons. The lowest BCUT2D eigenvalue weighted by Gasteiger charge is -2.47. The molecule has 5 atom stereocenters. The molecular weight excluding hydrogens is 312 g/mol. The fourth-order valence-electron chi connectivity index (χ4n) is 3.68. The van der Waals surface area contributed by atoms with Gasteiger partial charge in [0.2, 0.25) is 0 Å². The second-order valence-electron chi connectivity index (χ2n) is 7.51. The van der Waals surface area contributed by atoms with Crippen molar-refractivity contribution in [2.24, 2.45) is 17.8 Å². The third-order valence-electron chi connectivity index (χ3n) is 5.52. The summed E-state index contributed by atoms with van der Waals surface area (Å²) in [5, 5.41) is 42.8. The summed E-state index contributed by atoms with van der Waals surface area (Å²) in [6.45, 7) is 5.30. The van der Waals surface area contributed by atoms with Crippen LogP contribution in [-0.4, -0.2) is 16.2 Å². The summed E-state index contributed by atoms with van der Waals surface area (Å²) in [5.74, 6) is -0.802. The van der Waals surface area contributed by atoms with E-state index in [9.17, 15) is 20.9 Å². The highest BCUT2D eigenvalue weighted by atomic mass is 16.3. The SMILES string of the molecule is C[C@@H]1[C@H](C#N)C[C@@H](C(C)(C)O)C[C@@]1(C#N)N[C@@H](C#N)c1ccccc1. The van der Waals surface area contributed by atoms with Crippen molar-refractivity contribution in [3.05, 3.63) is 35.9 Å². The van der Waals surface area contributed by atoms with E-state index in [1.165, 1.54) is 0 Å². The molecule has 1 aromatic carbocycles. The molecule has 1 aliphatic carbocycles. The second kappa shape index (κ2) is 7.24. The number of hydrogen-bond donors (Lipinski definition) is 2. The van der Waals surface area contributed by atoms with Gasteiger partial charge >= 0.3 is 0 Å². The first-order valence-electron chi connectivity index (χ1n) is 8.53. The number of rotatable bonds is 4. The second-order valence-corrected chi connectivity index (χ2v) is 7.51. The fraction of sp³-hybridized carbons (Fsp3) is 0.550. The summed E-state index contributed by atoms with van der Waals surface area (Å²) in [4.78, 5) is 0. The van der Waals surface area contributed by atoms with E-state index in [1.807, 2.05) is 37.3 Å². The number of aliphatic hydroxyl groups is 1. The molecule has 1 saturated carbocycles. The highest BCUT2D eigenvalue weighted by Gasteiger charge is 2.51. The summed E-state index contributed by atoms with van der Waals surface area (Å²) in [7, 11) is 0. The van der Waals surface area contributed by atoms with Crippen molar-refractivity contribution in [2.45, 2.75) is 50.8 Å². The Bertz CT molecular complexity index is 719. The minimum absolute atomic E-state index is 0.199. The standard InChI is InChI=1S/C20H24N4O/c1-14-16(11-21)9-17(19(2,3)25)10-20(14,13-23)24-18(12-22)15-7-5-4-6-8-15/h4-8,14,16-18,24-25H,9-10H2,1-3H3/t14-,16+,17-,18+,20+/m1/s1. The average molecular weight is 336 g/mol. The van der Waals surface area contributed by atoms with Gasteiger partial charge in [0, 0.05) is 5.92 Å². The maximum absolute atomic E-state index is 10.5. The van der Waals surface area contributed by atoms with Gasteiger partial charge in [-0.05, 0) is 38.2 Å². The number of benzene rings is 1. The van der Waals surface area contributed by atoms with Crippen molar-refractivity contribution in [1.29, 1.82) is 15.8 Å². The van der Waals surface area contributed by atoms with Gasteiger partial charge < -0.3 is 5.11 Å². The van der Waals surface area contributed by atoms with Gasteiger partial charge in [0.1, 0.15) is 11.6 Å². The van der Waals surface area contributed by atoms with Crippen LogP contribution in [0.3, 0.4) is 0 Å². The first-order chi connectivity index (χ1) is 11.8. The molecule has 0 amide bonds. The lowest BCUT2D eigenvalue weighted by molar-refractivity contribution is -0.0338. The molecule has 2 N–H and O–H groups in total. The molecule has 1 aliphatic rings. The van der Waals surface area contributed by atoms with Gasteiger partial charge in [-0.3, -0.25) is 5.32 Å². The summed E-state index contributed by atoms with van der Waals surface area (Å²) in [5.41, 5.74) is -1.25. The van der Waals surface area contributed by atoms with Crippen molar-refractivity contribution >= 4 is 0 Å². The van der Waals surface area contributed by atoms with Crippen LogP contribution >= 0.6 is 0 Å². The molecule has 0 unspecified atom stereocenters. The zero-order valence-electron chi connectivity index (χ0n) is 14.9. The summed E-state index contributed by atoms with van der Waals surface area (Å²) in [6, 6.07) is 15.5. The molecule has 0 saturated heterocycles. The monoisotopic (exact) mass is 336 g/mol. The van der Waals surface area contributed by atoms with Gasteiger partial charge in [-0.2, -0.15) is 15.8 Å². The maximum Gasteiger partial charge on any atom is 0.122 e. The van der Waals surface area contributed by atoms with E-state index in [-0.39, 0.29) is 17.8 Å². The van der Waals surface area contributed by atoms with Gasteiger partial charge in [0.25, 0.3) is 0 Å². The Hall–Kier alpha value is -2.39. The van der Waals surface area contributed by atoms with Crippen molar-refractivity contribution in [3.8, 4) is 18.2 Å². The number of nitriles is 3. The highest BCUT2D eigenvalue weighted by Crippen LogP contribution is 2.45. The van der Waals surface area contributed by atoms with Gasteiger partial charge in [0.05, 0.1) is 29.7 Å². The lowest BCUT2D eigenvalue weighted by atomic mass is 9.61. The smallest absolute Gasteiger partial charge is 0.122 e. The van der Waals surface area contributed by atoms with Crippen LogP contribution in [0.25, 0.3) is 0 Å². The Morgan fingerprint density at radius 2 is 1.88 bits per heavy atom. The predicted molar refractivity (Wildman–Crippen MR) is 93.6 cm³/mol. The van der Waals surface area contributed by atoms with Gasteiger partial charge in [-0.15, -0.1) is 0 Å². The van der Waals surface area contributed by atoms with Crippen molar-refractivity contribution in [2.75, 3.05) is 0 Å². The topological polar surface area (TPSA) is 104 Å². The molecule has 0 radical (unpaired) electrons. The first kappa shape index (κ1) is 18.9. The Morgan fingerprint density at radius 1 is 1.24 bits per heavy atom. The van der Waals surface area contributed by atoms with E-state index >= 15 is 0 Å². The summed E-state index contributed by atoms with van der Waals surface area (Å²) in [6.07, 6.45) is 0.951. The fourth-order valence-corrected chi connectivity index (χ4v) is 3.68. The molecule has 1 aromatic rings. The average Bonchev–Trinajstić information content (AvgIpc) is 2.61. The third kappa shape index (κ3) is 3.83. The molecule has 5 nitrogen and oxygen atoms in total. The van der Waals surface area contributed by atoms with E-state index in [4.69, 9.17) is 0 Å². The third-order valence-corrected chi connectivity index (χ3v) is 5.52. The molecule has 0 heterocycles. The van der Waals surface area contributed by atoms with Gasteiger partial charge in [-0.25, -0.2) is 0 Å². The molecule has 0 bridgehead atoms. The van der Waals surface area contributed by atoms with Crippen LogP contribution < -0.4 is 5.32 Å². The predicted octanol–water partition coefficient (Wildman–Crippen LogP) is 3.06. The van der Waals surface area contributed by atoms with Crippen LogP contribution in [0.5, 0.6) is 0 Å². The van der Waals surface area contributed by atoms with Crippen molar-refractivity contribution in [3.63, 3.8) is 0 Å². The first-order valence-corrected chi connectivity index (χ1v) is 8.53. The molecule has 0 aromatic heterocycles. The minimum Gasteiger partial charge on any atom is -0.390 e. The van der Waals surface area contributed by atoms with Crippen LogP contribution in [0.15, 0.2) is 30.3 Å². The van der Waals surface area contributed by atoms with E-state index < -0.39 is 17.2 Å². The Kier molecular flexibility index (Phi) is 5.48. The molecule has 25 heavy (non-hydrogen) atoms. The zero-order chi connectivity index (χ0) is 18.7. The van der Waals surface area contributed by atoms with Crippen molar-refractivity contribution < 1.29 is 5.11 Å². The van der Waals surface area contributed by atoms with Crippen LogP contribution in [0.4, 0.5) is 0 Å². The summed E-state index contributed by atoms with van der Waals surface area (Å²) >= 11 is 0. The van der Waals surface area contributed by atoms with Crippen LogP contribution in [-0.2, 0) is 0 Å². The van der Waals surface area contributed by atoms with E-state index in [2.05, 4.69) is 23.5 Å². The molecule has 2 rings (SSSR count). The summed E-state index contributed by atoms with van der Waals surface area (Å²) < 4.78 is 0. The largest absolute Gasteiger partial charge is 0.390 e. The van der Waals surface area contributed by atoms with E-state index in [0.29, 0.717) is 12.8 Å². The lowest BCUT2D eigenvalue weighted by Crippen LogP contribution is -2.58. The number of nitrogens with zero attached hydrogens (tertiary/aromatic N) is 3. The molecule has 5 heteroatoms. The van der Waals surface area contributed by atoms with Crippen LogP contribution in [0.2, 0.25) is 0 Å².